The minimum atomic E-state index is -1.64. The van der Waals surface area contributed by atoms with E-state index < -0.39 is 69.2 Å². The molecule has 0 aromatic carbocycles. The van der Waals surface area contributed by atoms with E-state index in [1.165, 1.54) is 55.4 Å². The van der Waals surface area contributed by atoms with Crippen molar-refractivity contribution in [2.45, 2.75) is 0 Å². The van der Waals surface area contributed by atoms with E-state index >= 15 is 0 Å². The molecule has 6 aromatic heterocycles. The second-order valence-electron chi connectivity index (χ2n) is 10.1. The minimum absolute atomic E-state index is 0. The molecule has 0 atom stereocenters. The average molecular weight is 929 g/mol. The van der Waals surface area contributed by atoms with Crippen LogP contribution in [0.5, 0.6) is 0 Å². The number of carboxylic acids is 6. The largest absolute Gasteiger partial charge is 3.00 e. The number of hydrogen-bond acceptors (Lipinski definition) is 18. The number of aromatic carboxylic acids is 6. The predicted molar refractivity (Wildman–Crippen MR) is 168 cm³/mol. The smallest absolute Gasteiger partial charge is 0.545 e. The number of hydrogen-bond donors (Lipinski definition) is 0. The molecule has 18 nitrogen and oxygen atoms in total. The Bertz CT molecular complexity index is 2110. The summed E-state index contributed by atoms with van der Waals surface area (Å²) < 4.78 is 0. The van der Waals surface area contributed by atoms with Crippen molar-refractivity contribution in [3.05, 3.63) is 143 Å². The van der Waals surface area contributed by atoms with Gasteiger partial charge in [-0.1, -0.05) is 18.2 Å². The molecule has 6 aromatic rings. The van der Waals surface area contributed by atoms with Crippen LogP contribution in [0.15, 0.2) is 110 Å². The molecule has 0 bridgehead atoms. The molecule has 20 heteroatoms. The first-order chi connectivity index (χ1) is 25.8. The van der Waals surface area contributed by atoms with Crippen LogP contribution in [0.4, 0.5) is 0 Å². The quantitative estimate of drug-likeness (QED) is 0.128. The maximum absolute atomic E-state index is 11.1. The standard InChI is InChI=1S/3C12H8N2O4.2Ru/c3*15-11(16)7-4-6-14-10(9(7)12(17)18)8-3-1-2-5-13-8;;/h3*1-6H,(H,15,16)(H,17,18);;/q;;;2*+3/p-6. The zero-order valence-electron chi connectivity index (χ0n) is 27.7. The van der Waals surface area contributed by atoms with Crippen molar-refractivity contribution in [3.8, 4) is 34.2 Å². The number of carboxylic acid groups (broad SMARTS) is 6. The summed E-state index contributed by atoms with van der Waals surface area (Å²) in [5, 5.41) is 65.7. The van der Waals surface area contributed by atoms with Gasteiger partial charge in [-0.25, -0.2) is 0 Å². The van der Waals surface area contributed by atoms with E-state index in [1.807, 2.05) is 0 Å². The molecule has 6 rings (SSSR count). The fraction of sp³-hybridized carbons (Fsp3) is 0. The Morgan fingerprint density at radius 2 is 0.571 bits per heavy atom. The van der Waals surface area contributed by atoms with Crippen LogP contribution < -0.4 is 30.6 Å². The molecule has 0 saturated carbocycles. The normalized spacial score (nSPS) is 9.64. The van der Waals surface area contributed by atoms with Gasteiger partial charge in [-0.15, -0.1) is 0 Å². The van der Waals surface area contributed by atoms with Crippen molar-refractivity contribution in [2.24, 2.45) is 0 Å². The molecule has 2 radical (unpaired) electrons. The average Bonchev–Trinajstić information content (AvgIpc) is 3.18. The van der Waals surface area contributed by atoms with Crippen LogP contribution in [0.2, 0.25) is 0 Å². The SMILES string of the molecule is O=C([O-])c1ccnc(-c2ccccn2)c1C(=O)[O-].O=C([O-])c1ccnc(-c2ccccn2)c1C(=O)[O-].O=C([O-])c1ccnc(-c2ccccn2)c1C(=O)[O-].[Ru+3].[Ru+3]. The van der Waals surface area contributed by atoms with Gasteiger partial charge in [-0.2, -0.15) is 0 Å². The minimum Gasteiger partial charge on any atom is -0.545 e. The van der Waals surface area contributed by atoms with Crippen molar-refractivity contribution in [1.29, 1.82) is 0 Å². The molecule has 0 unspecified atom stereocenters. The van der Waals surface area contributed by atoms with E-state index in [0.29, 0.717) is 0 Å². The monoisotopic (exact) mass is 930 g/mol. The van der Waals surface area contributed by atoms with Gasteiger partial charge in [0.05, 0.1) is 70.0 Å². The number of pyridine rings is 6. The summed E-state index contributed by atoms with van der Waals surface area (Å²) in [7, 11) is 0. The van der Waals surface area contributed by atoms with Gasteiger partial charge in [0, 0.05) is 70.6 Å². The van der Waals surface area contributed by atoms with Crippen LogP contribution in [-0.2, 0) is 39.0 Å². The fourth-order valence-electron chi connectivity index (χ4n) is 4.61. The van der Waals surface area contributed by atoms with E-state index in [9.17, 15) is 59.4 Å². The van der Waals surface area contributed by atoms with Crippen molar-refractivity contribution >= 4 is 35.8 Å². The van der Waals surface area contributed by atoms with Crippen LogP contribution in [0.1, 0.15) is 62.1 Å². The number of carbonyl (C=O) groups is 6. The van der Waals surface area contributed by atoms with E-state index in [4.69, 9.17) is 0 Å². The van der Waals surface area contributed by atoms with E-state index in [2.05, 4.69) is 29.9 Å². The summed E-state index contributed by atoms with van der Waals surface area (Å²) in [5.41, 5.74) is -2.46. The van der Waals surface area contributed by atoms with Gasteiger partial charge in [0.25, 0.3) is 0 Å². The third-order valence-corrected chi connectivity index (χ3v) is 6.85. The first-order valence-electron chi connectivity index (χ1n) is 14.8. The molecular weight excluding hydrogens is 911 g/mol. The predicted octanol–water partition coefficient (Wildman–Crippen LogP) is -3.39. The molecule has 0 amide bonds. The van der Waals surface area contributed by atoms with Crippen LogP contribution in [0.25, 0.3) is 34.2 Å². The summed E-state index contributed by atoms with van der Waals surface area (Å²) >= 11 is 0. The molecule has 0 aliphatic carbocycles. The van der Waals surface area contributed by atoms with Crippen LogP contribution >= 0.6 is 0 Å². The van der Waals surface area contributed by atoms with Gasteiger partial charge in [-0.05, 0) is 54.6 Å². The van der Waals surface area contributed by atoms with Gasteiger partial charge in [-0.3, -0.25) is 29.9 Å². The van der Waals surface area contributed by atoms with Crippen LogP contribution in [0, 0.1) is 0 Å². The molecule has 0 aliphatic heterocycles. The number of carbonyl (C=O) groups excluding carboxylic acids is 6. The first kappa shape index (κ1) is 45.1. The van der Waals surface area contributed by atoms with Gasteiger partial charge in [0.2, 0.25) is 0 Å². The summed E-state index contributed by atoms with van der Waals surface area (Å²) in [6, 6.07) is 17.5. The zero-order chi connectivity index (χ0) is 39.4. The zero-order valence-corrected chi connectivity index (χ0v) is 31.2. The molecule has 0 aliphatic rings. The Morgan fingerprint density at radius 3 is 0.750 bits per heavy atom. The van der Waals surface area contributed by atoms with Gasteiger partial charge < -0.3 is 59.4 Å². The summed E-state index contributed by atoms with van der Waals surface area (Å²) in [6.45, 7) is 0. The molecular formula is C36H18N6O12Ru2. The molecule has 0 N–H and O–H groups in total. The fourth-order valence-corrected chi connectivity index (χ4v) is 4.61. The molecule has 0 saturated heterocycles. The number of nitrogens with zero attached hydrogens (tertiary/aromatic N) is 6. The summed E-state index contributed by atoms with van der Waals surface area (Å²) in [4.78, 5) is 89.0. The summed E-state index contributed by atoms with van der Waals surface area (Å²) in [6.07, 6.45) is 7.88. The van der Waals surface area contributed by atoms with E-state index in [0.717, 1.165) is 18.2 Å². The van der Waals surface area contributed by atoms with E-state index in [-0.39, 0.29) is 73.1 Å². The Balaban J connectivity index is 0.000000285. The molecule has 0 fully saturated rings. The maximum atomic E-state index is 11.1. The maximum Gasteiger partial charge on any atom is 3.00 e. The molecule has 0 spiro atoms. The van der Waals surface area contributed by atoms with Gasteiger partial charge in [0.15, 0.2) is 0 Å². The Morgan fingerprint density at radius 1 is 0.321 bits per heavy atom. The number of rotatable bonds is 9. The van der Waals surface area contributed by atoms with Crippen molar-refractivity contribution in [1.82, 2.24) is 29.9 Å². The van der Waals surface area contributed by atoms with Gasteiger partial charge >= 0.3 is 39.0 Å². The molecule has 6 heterocycles. The topological polar surface area (TPSA) is 318 Å². The van der Waals surface area contributed by atoms with Crippen LogP contribution in [-0.4, -0.2) is 65.7 Å². The third kappa shape index (κ3) is 11.0. The Hall–Kier alpha value is -7.03. The molecule has 56 heavy (non-hydrogen) atoms. The molecule has 280 valence electrons. The van der Waals surface area contributed by atoms with Crippen molar-refractivity contribution in [3.63, 3.8) is 0 Å². The number of aromatic nitrogens is 6. The third-order valence-electron chi connectivity index (χ3n) is 6.85. The Labute approximate surface area is 340 Å². The second-order valence-corrected chi connectivity index (χ2v) is 10.1. The first-order valence-corrected chi connectivity index (χ1v) is 14.8. The second kappa shape index (κ2) is 21.0. The van der Waals surface area contributed by atoms with Crippen molar-refractivity contribution < 1.29 is 98.4 Å². The van der Waals surface area contributed by atoms with Crippen LogP contribution in [0.3, 0.4) is 0 Å². The Kier molecular flexibility index (Phi) is 16.9. The van der Waals surface area contributed by atoms with Gasteiger partial charge in [0.1, 0.15) is 0 Å². The van der Waals surface area contributed by atoms with E-state index in [1.54, 1.807) is 36.4 Å². The summed E-state index contributed by atoms with van der Waals surface area (Å²) in [5.74, 6) is -9.72. The van der Waals surface area contributed by atoms with Crippen molar-refractivity contribution in [2.75, 3.05) is 0 Å².